The molecule has 0 saturated carbocycles. The molecule has 4 nitrogen and oxygen atoms in total. The van der Waals surface area contributed by atoms with Crippen molar-refractivity contribution < 1.29 is 19.0 Å². The zero-order chi connectivity index (χ0) is 11.1. The molecule has 0 amide bonds. The predicted octanol–water partition coefficient (Wildman–Crippen LogP) is 1.52. The summed E-state index contributed by atoms with van der Waals surface area (Å²) in [6.45, 7) is 3.29. The standard InChI is InChI=1S/C11H20O4/c1-9(7-11(12)13-2)15-8-10-5-3-4-6-14-10/h9-10H,3-8H2,1-2H3. The van der Waals surface area contributed by atoms with Crippen molar-refractivity contribution >= 4 is 5.97 Å². The Hall–Kier alpha value is -0.610. The van der Waals surface area contributed by atoms with Gasteiger partial charge in [0.2, 0.25) is 0 Å². The van der Waals surface area contributed by atoms with Crippen LogP contribution in [0.15, 0.2) is 0 Å². The summed E-state index contributed by atoms with van der Waals surface area (Å²) in [5.74, 6) is -0.230. The van der Waals surface area contributed by atoms with Crippen LogP contribution in [-0.4, -0.2) is 38.5 Å². The number of esters is 1. The van der Waals surface area contributed by atoms with E-state index in [-0.39, 0.29) is 18.2 Å². The van der Waals surface area contributed by atoms with Gasteiger partial charge in [0.25, 0.3) is 0 Å². The van der Waals surface area contributed by atoms with Crippen molar-refractivity contribution in [2.24, 2.45) is 0 Å². The number of methoxy groups -OCH3 is 1. The van der Waals surface area contributed by atoms with Crippen molar-refractivity contribution in [1.29, 1.82) is 0 Å². The van der Waals surface area contributed by atoms with Crippen LogP contribution in [0.3, 0.4) is 0 Å². The first kappa shape index (κ1) is 12.5. The van der Waals surface area contributed by atoms with E-state index in [2.05, 4.69) is 4.74 Å². The minimum absolute atomic E-state index is 0.0945. The van der Waals surface area contributed by atoms with Gasteiger partial charge in [-0.3, -0.25) is 4.79 Å². The Balaban J connectivity index is 2.09. The summed E-state index contributed by atoms with van der Waals surface area (Å²) in [5, 5.41) is 0. The minimum atomic E-state index is -0.230. The van der Waals surface area contributed by atoms with Crippen LogP contribution in [0.25, 0.3) is 0 Å². The molecule has 0 bridgehead atoms. The molecule has 15 heavy (non-hydrogen) atoms. The first-order valence-corrected chi connectivity index (χ1v) is 5.52. The van der Waals surface area contributed by atoms with Crippen LogP contribution in [-0.2, 0) is 19.0 Å². The Morgan fingerprint density at radius 1 is 1.53 bits per heavy atom. The van der Waals surface area contributed by atoms with E-state index in [1.165, 1.54) is 13.5 Å². The molecular weight excluding hydrogens is 196 g/mol. The summed E-state index contributed by atoms with van der Waals surface area (Å²) in [6.07, 6.45) is 3.84. The lowest BCUT2D eigenvalue weighted by Crippen LogP contribution is -2.27. The molecule has 1 aliphatic rings. The van der Waals surface area contributed by atoms with Crippen LogP contribution >= 0.6 is 0 Å². The third-order valence-electron chi connectivity index (χ3n) is 2.52. The number of hydrogen-bond acceptors (Lipinski definition) is 4. The van der Waals surface area contributed by atoms with Crippen molar-refractivity contribution in [3.63, 3.8) is 0 Å². The van der Waals surface area contributed by atoms with Gasteiger partial charge < -0.3 is 14.2 Å². The normalized spacial score (nSPS) is 23.5. The zero-order valence-corrected chi connectivity index (χ0v) is 9.53. The highest BCUT2D eigenvalue weighted by atomic mass is 16.5. The van der Waals surface area contributed by atoms with Gasteiger partial charge in [-0.05, 0) is 26.2 Å². The minimum Gasteiger partial charge on any atom is -0.469 e. The molecule has 0 aliphatic carbocycles. The first-order valence-electron chi connectivity index (χ1n) is 5.52. The number of rotatable bonds is 5. The van der Waals surface area contributed by atoms with Gasteiger partial charge in [0.05, 0.1) is 32.3 Å². The molecule has 2 atom stereocenters. The van der Waals surface area contributed by atoms with Crippen LogP contribution in [0.4, 0.5) is 0 Å². The smallest absolute Gasteiger partial charge is 0.308 e. The zero-order valence-electron chi connectivity index (χ0n) is 9.53. The van der Waals surface area contributed by atoms with E-state index in [1.807, 2.05) is 6.92 Å². The maximum atomic E-state index is 10.9. The van der Waals surface area contributed by atoms with E-state index < -0.39 is 0 Å². The van der Waals surface area contributed by atoms with E-state index >= 15 is 0 Å². The van der Waals surface area contributed by atoms with Crippen molar-refractivity contribution in [2.45, 2.75) is 44.8 Å². The van der Waals surface area contributed by atoms with Crippen LogP contribution in [0.1, 0.15) is 32.6 Å². The van der Waals surface area contributed by atoms with E-state index in [4.69, 9.17) is 9.47 Å². The third kappa shape index (κ3) is 5.14. The van der Waals surface area contributed by atoms with Crippen molar-refractivity contribution in [2.75, 3.05) is 20.3 Å². The fraction of sp³-hybridized carbons (Fsp3) is 0.909. The number of hydrogen-bond donors (Lipinski definition) is 0. The summed E-state index contributed by atoms with van der Waals surface area (Å²) in [6, 6.07) is 0. The number of ether oxygens (including phenoxy) is 3. The first-order chi connectivity index (χ1) is 7.22. The molecule has 0 aromatic rings. The molecule has 1 aliphatic heterocycles. The van der Waals surface area contributed by atoms with Crippen LogP contribution < -0.4 is 0 Å². The van der Waals surface area contributed by atoms with Gasteiger partial charge in [0.1, 0.15) is 0 Å². The molecule has 1 rings (SSSR count). The molecule has 88 valence electrons. The molecule has 0 radical (unpaired) electrons. The highest BCUT2D eigenvalue weighted by Gasteiger charge is 2.16. The van der Waals surface area contributed by atoms with E-state index in [9.17, 15) is 4.79 Å². The molecule has 4 heteroatoms. The third-order valence-corrected chi connectivity index (χ3v) is 2.52. The lowest BCUT2D eigenvalue weighted by molar-refractivity contribution is -0.144. The number of carbonyl (C=O) groups excluding carboxylic acids is 1. The number of carbonyl (C=O) groups is 1. The van der Waals surface area contributed by atoms with E-state index in [0.717, 1.165) is 19.4 Å². The molecule has 2 unspecified atom stereocenters. The van der Waals surface area contributed by atoms with Gasteiger partial charge in [0.15, 0.2) is 0 Å². The quantitative estimate of drug-likeness (QED) is 0.654. The highest BCUT2D eigenvalue weighted by Crippen LogP contribution is 2.13. The second-order valence-corrected chi connectivity index (χ2v) is 3.91. The monoisotopic (exact) mass is 216 g/mol. The predicted molar refractivity (Wildman–Crippen MR) is 55.6 cm³/mol. The topological polar surface area (TPSA) is 44.8 Å². The summed E-state index contributed by atoms with van der Waals surface area (Å²) in [5.41, 5.74) is 0. The Bertz CT molecular complexity index is 187. The van der Waals surface area contributed by atoms with Gasteiger partial charge in [-0.25, -0.2) is 0 Å². The largest absolute Gasteiger partial charge is 0.469 e. The lowest BCUT2D eigenvalue weighted by Gasteiger charge is -2.23. The van der Waals surface area contributed by atoms with Gasteiger partial charge in [-0.15, -0.1) is 0 Å². The van der Waals surface area contributed by atoms with Gasteiger partial charge in [-0.1, -0.05) is 0 Å². The molecule has 0 spiro atoms. The molecular formula is C11H20O4. The summed E-state index contributed by atoms with van der Waals surface area (Å²) >= 11 is 0. The summed E-state index contributed by atoms with van der Waals surface area (Å²) < 4.78 is 15.6. The second kappa shape index (κ2) is 6.80. The molecule has 1 saturated heterocycles. The Morgan fingerprint density at radius 3 is 2.93 bits per heavy atom. The van der Waals surface area contributed by atoms with Crippen molar-refractivity contribution in [3.05, 3.63) is 0 Å². The van der Waals surface area contributed by atoms with Gasteiger partial charge in [0, 0.05) is 6.61 Å². The fourth-order valence-electron chi connectivity index (χ4n) is 1.59. The highest BCUT2D eigenvalue weighted by molar-refractivity contribution is 5.69. The maximum absolute atomic E-state index is 10.9. The van der Waals surface area contributed by atoms with Gasteiger partial charge in [-0.2, -0.15) is 0 Å². The van der Waals surface area contributed by atoms with E-state index in [0.29, 0.717) is 13.0 Å². The molecule has 0 aromatic carbocycles. The molecule has 0 aromatic heterocycles. The average Bonchev–Trinajstić information content (AvgIpc) is 2.27. The summed E-state index contributed by atoms with van der Waals surface area (Å²) in [7, 11) is 1.39. The van der Waals surface area contributed by atoms with Crippen molar-refractivity contribution in [3.8, 4) is 0 Å². The lowest BCUT2D eigenvalue weighted by atomic mass is 10.1. The second-order valence-electron chi connectivity index (χ2n) is 3.91. The Labute approximate surface area is 90.9 Å². The maximum Gasteiger partial charge on any atom is 0.308 e. The van der Waals surface area contributed by atoms with Gasteiger partial charge >= 0.3 is 5.97 Å². The Kier molecular flexibility index (Phi) is 5.65. The SMILES string of the molecule is COC(=O)CC(C)OCC1CCCCO1. The van der Waals surface area contributed by atoms with Crippen LogP contribution in [0.5, 0.6) is 0 Å². The van der Waals surface area contributed by atoms with Crippen molar-refractivity contribution in [1.82, 2.24) is 0 Å². The van der Waals surface area contributed by atoms with Crippen LogP contribution in [0, 0.1) is 0 Å². The molecule has 1 heterocycles. The molecule has 1 fully saturated rings. The molecule has 0 N–H and O–H groups in total. The van der Waals surface area contributed by atoms with E-state index in [1.54, 1.807) is 0 Å². The summed E-state index contributed by atoms with van der Waals surface area (Å²) in [4.78, 5) is 10.9. The Morgan fingerprint density at radius 2 is 2.33 bits per heavy atom. The average molecular weight is 216 g/mol. The van der Waals surface area contributed by atoms with Crippen LogP contribution in [0.2, 0.25) is 0 Å². The fourth-order valence-corrected chi connectivity index (χ4v) is 1.59.